The van der Waals surface area contributed by atoms with Gasteiger partial charge in [0.25, 0.3) is 5.91 Å². The fraction of sp³-hybridized carbons (Fsp3) is 0.250. The van der Waals surface area contributed by atoms with Crippen molar-refractivity contribution in [1.29, 1.82) is 0 Å². The monoisotopic (exact) mass is 385 g/mol. The number of hydrazine groups is 1. The minimum Gasteiger partial charge on any atom is -0.335 e. The van der Waals surface area contributed by atoms with Crippen LogP contribution in [0.5, 0.6) is 0 Å². The molecule has 2 N–H and O–H groups in total. The lowest BCUT2D eigenvalue weighted by atomic mass is 10.1. The van der Waals surface area contributed by atoms with E-state index in [0.717, 1.165) is 5.56 Å². The second-order valence-electron chi connectivity index (χ2n) is 6.46. The Balaban J connectivity index is 1.58. The zero-order chi connectivity index (χ0) is 19.4. The Morgan fingerprint density at radius 3 is 2.44 bits per heavy atom. The maximum absolute atomic E-state index is 12.4. The van der Waals surface area contributed by atoms with Gasteiger partial charge >= 0.3 is 0 Å². The summed E-state index contributed by atoms with van der Waals surface area (Å²) in [5.74, 6) is -1.50. The molecule has 0 aliphatic carbocycles. The molecule has 3 amide bonds. The molecule has 0 radical (unpaired) electrons. The van der Waals surface area contributed by atoms with Crippen LogP contribution in [0.4, 0.5) is 0 Å². The van der Waals surface area contributed by atoms with Gasteiger partial charge in [0.1, 0.15) is 0 Å². The number of hydrogen-bond acceptors (Lipinski definition) is 3. The third kappa shape index (κ3) is 4.28. The number of rotatable bonds is 4. The van der Waals surface area contributed by atoms with Crippen LogP contribution >= 0.6 is 11.6 Å². The summed E-state index contributed by atoms with van der Waals surface area (Å²) in [7, 11) is 0. The van der Waals surface area contributed by atoms with Crippen molar-refractivity contribution < 1.29 is 14.4 Å². The summed E-state index contributed by atoms with van der Waals surface area (Å²) in [5.41, 5.74) is 6.03. The minimum atomic E-state index is -0.518. The summed E-state index contributed by atoms with van der Waals surface area (Å²) in [5, 5.41) is 0.295. The second-order valence-corrected chi connectivity index (χ2v) is 6.86. The number of carbonyl (C=O) groups excluding carboxylic acids is 3. The number of likely N-dealkylation sites (tertiary alicyclic amines) is 1. The van der Waals surface area contributed by atoms with Crippen molar-refractivity contribution in [3.63, 3.8) is 0 Å². The highest BCUT2D eigenvalue weighted by atomic mass is 35.5. The van der Waals surface area contributed by atoms with Gasteiger partial charge in [0.2, 0.25) is 11.8 Å². The Morgan fingerprint density at radius 2 is 1.74 bits per heavy atom. The molecular formula is C20H20ClN3O3. The molecule has 2 aromatic carbocycles. The first-order valence-corrected chi connectivity index (χ1v) is 9.04. The van der Waals surface area contributed by atoms with Gasteiger partial charge in [0.15, 0.2) is 0 Å². The molecular weight excluding hydrogens is 366 g/mol. The van der Waals surface area contributed by atoms with E-state index in [2.05, 4.69) is 10.9 Å². The maximum Gasteiger partial charge on any atom is 0.271 e. The second kappa shape index (κ2) is 8.22. The van der Waals surface area contributed by atoms with Crippen LogP contribution in [0.15, 0.2) is 54.6 Å². The molecule has 7 heteroatoms. The van der Waals surface area contributed by atoms with Crippen molar-refractivity contribution in [3.8, 4) is 0 Å². The molecule has 0 bridgehead atoms. The average Bonchev–Trinajstić information content (AvgIpc) is 3.08. The molecule has 2 atom stereocenters. The van der Waals surface area contributed by atoms with E-state index < -0.39 is 17.7 Å². The Kier molecular flexibility index (Phi) is 5.76. The number of benzene rings is 2. The first-order valence-electron chi connectivity index (χ1n) is 8.66. The fourth-order valence-corrected chi connectivity index (χ4v) is 3.35. The van der Waals surface area contributed by atoms with Gasteiger partial charge in [-0.25, -0.2) is 0 Å². The van der Waals surface area contributed by atoms with Gasteiger partial charge in [-0.2, -0.15) is 0 Å². The van der Waals surface area contributed by atoms with Crippen LogP contribution in [-0.2, 0) is 9.59 Å². The summed E-state index contributed by atoms with van der Waals surface area (Å²) < 4.78 is 0. The van der Waals surface area contributed by atoms with Gasteiger partial charge in [-0.15, -0.1) is 0 Å². The van der Waals surface area contributed by atoms with E-state index in [1.165, 1.54) is 0 Å². The molecule has 0 spiro atoms. The molecule has 0 aromatic heterocycles. The van der Waals surface area contributed by atoms with E-state index in [1.807, 2.05) is 37.3 Å². The highest BCUT2D eigenvalue weighted by molar-refractivity contribution is 6.33. The predicted molar refractivity (Wildman–Crippen MR) is 102 cm³/mol. The standard InChI is InChI=1S/C20H20ClN3O3/c1-13(14-7-3-2-4-8-14)24-12-15(11-18(24)25)19(26)22-23-20(27)16-9-5-6-10-17(16)21/h2-10,13,15H,11-12H2,1H3,(H,22,26)(H,23,27)/t13-,15+/m1/s1. The first-order chi connectivity index (χ1) is 13.0. The van der Waals surface area contributed by atoms with Crippen LogP contribution in [0.1, 0.15) is 35.3 Å². The van der Waals surface area contributed by atoms with Crippen LogP contribution < -0.4 is 10.9 Å². The normalized spacial score (nSPS) is 17.5. The number of carbonyl (C=O) groups is 3. The molecule has 3 rings (SSSR count). The van der Waals surface area contributed by atoms with Crippen LogP contribution in [0.2, 0.25) is 5.02 Å². The predicted octanol–water partition coefficient (Wildman–Crippen LogP) is 2.71. The molecule has 1 saturated heterocycles. The fourth-order valence-electron chi connectivity index (χ4n) is 3.13. The van der Waals surface area contributed by atoms with Gasteiger partial charge in [-0.05, 0) is 24.6 Å². The molecule has 1 heterocycles. The van der Waals surface area contributed by atoms with Gasteiger partial charge in [-0.3, -0.25) is 25.2 Å². The van der Waals surface area contributed by atoms with E-state index in [-0.39, 0.29) is 23.9 Å². The van der Waals surface area contributed by atoms with E-state index in [1.54, 1.807) is 29.2 Å². The molecule has 6 nitrogen and oxygen atoms in total. The van der Waals surface area contributed by atoms with E-state index in [0.29, 0.717) is 11.6 Å². The van der Waals surface area contributed by atoms with E-state index >= 15 is 0 Å². The lowest BCUT2D eigenvalue weighted by Gasteiger charge is -2.25. The number of nitrogens with zero attached hydrogens (tertiary/aromatic N) is 1. The van der Waals surface area contributed by atoms with Crippen molar-refractivity contribution in [2.24, 2.45) is 5.92 Å². The highest BCUT2D eigenvalue weighted by Gasteiger charge is 2.37. The molecule has 0 unspecified atom stereocenters. The van der Waals surface area contributed by atoms with Crippen LogP contribution in [0.3, 0.4) is 0 Å². The van der Waals surface area contributed by atoms with E-state index in [9.17, 15) is 14.4 Å². The number of nitrogens with one attached hydrogen (secondary N) is 2. The minimum absolute atomic E-state index is 0.0797. The van der Waals surface area contributed by atoms with Crippen LogP contribution in [0, 0.1) is 5.92 Å². The smallest absolute Gasteiger partial charge is 0.271 e. The zero-order valence-electron chi connectivity index (χ0n) is 14.8. The first kappa shape index (κ1) is 18.9. The van der Waals surface area contributed by atoms with Crippen LogP contribution in [0.25, 0.3) is 0 Å². The van der Waals surface area contributed by atoms with Gasteiger partial charge in [-0.1, -0.05) is 54.1 Å². The average molecular weight is 386 g/mol. The molecule has 140 valence electrons. The third-order valence-electron chi connectivity index (χ3n) is 4.70. The number of amides is 3. The quantitative estimate of drug-likeness (QED) is 0.794. The summed E-state index contributed by atoms with van der Waals surface area (Å²) in [6.07, 6.45) is 0.116. The molecule has 0 saturated carbocycles. The zero-order valence-corrected chi connectivity index (χ0v) is 15.6. The van der Waals surface area contributed by atoms with Crippen molar-refractivity contribution in [2.45, 2.75) is 19.4 Å². The largest absolute Gasteiger partial charge is 0.335 e. The lowest BCUT2D eigenvalue weighted by molar-refractivity contribution is -0.130. The van der Waals surface area contributed by atoms with Crippen LogP contribution in [-0.4, -0.2) is 29.2 Å². The number of hydrogen-bond donors (Lipinski definition) is 2. The maximum atomic E-state index is 12.4. The molecule has 1 fully saturated rings. The summed E-state index contributed by atoms with van der Waals surface area (Å²) in [4.78, 5) is 38.5. The van der Waals surface area contributed by atoms with Crippen molar-refractivity contribution in [2.75, 3.05) is 6.54 Å². The molecule has 2 aromatic rings. The Hall–Kier alpha value is -2.86. The Labute approximate surface area is 162 Å². The highest BCUT2D eigenvalue weighted by Crippen LogP contribution is 2.28. The summed E-state index contributed by atoms with van der Waals surface area (Å²) in [6.45, 7) is 2.25. The number of halogens is 1. The Bertz CT molecular complexity index is 857. The molecule has 1 aliphatic heterocycles. The van der Waals surface area contributed by atoms with Crippen molar-refractivity contribution in [3.05, 3.63) is 70.7 Å². The van der Waals surface area contributed by atoms with E-state index in [4.69, 9.17) is 11.6 Å². The van der Waals surface area contributed by atoms with Gasteiger partial charge in [0.05, 0.1) is 22.5 Å². The summed E-state index contributed by atoms with van der Waals surface area (Å²) >= 11 is 5.97. The van der Waals surface area contributed by atoms with Gasteiger partial charge < -0.3 is 4.90 Å². The van der Waals surface area contributed by atoms with Crippen molar-refractivity contribution in [1.82, 2.24) is 15.8 Å². The topological polar surface area (TPSA) is 78.5 Å². The molecule has 1 aliphatic rings. The van der Waals surface area contributed by atoms with Gasteiger partial charge in [0, 0.05) is 13.0 Å². The summed E-state index contributed by atoms with van der Waals surface area (Å²) in [6, 6.07) is 16.1. The lowest BCUT2D eigenvalue weighted by Crippen LogP contribution is -2.45. The molecule has 27 heavy (non-hydrogen) atoms. The third-order valence-corrected chi connectivity index (χ3v) is 5.03. The Morgan fingerprint density at radius 1 is 1.07 bits per heavy atom. The SMILES string of the molecule is C[C@H](c1ccccc1)N1C[C@@H](C(=O)NNC(=O)c2ccccc2Cl)CC1=O. The van der Waals surface area contributed by atoms with Crippen molar-refractivity contribution >= 4 is 29.3 Å².